The Bertz CT molecular complexity index is 1090. The summed E-state index contributed by atoms with van der Waals surface area (Å²) >= 11 is 6.14. The van der Waals surface area contributed by atoms with Gasteiger partial charge in [-0.1, -0.05) is 11.6 Å². The van der Waals surface area contributed by atoms with Gasteiger partial charge in [0.1, 0.15) is 5.82 Å². The molecule has 0 bridgehead atoms. The van der Waals surface area contributed by atoms with Gasteiger partial charge in [0, 0.05) is 31.3 Å². The van der Waals surface area contributed by atoms with Crippen LogP contribution >= 0.6 is 11.6 Å². The average molecular weight is 350 g/mol. The number of rotatable bonds is 3. The summed E-state index contributed by atoms with van der Waals surface area (Å²) in [5, 5.41) is 10.9. The van der Waals surface area contributed by atoms with Crippen molar-refractivity contribution in [1.82, 2.24) is 19.1 Å². The molecule has 0 fully saturated rings. The first-order valence-electron chi connectivity index (χ1n) is 6.99. The first-order valence-corrected chi connectivity index (χ1v) is 7.36. The SMILES string of the molecule is CCn1c(=O)[nH]c(=O)c2c1nc(-c1ccc([N+](=O)[O-])cc1Cl)n2C. The molecule has 0 aliphatic heterocycles. The number of hydrogen-bond donors (Lipinski definition) is 1. The molecule has 3 rings (SSSR count). The highest BCUT2D eigenvalue weighted by atomic mass is 35.5. The standard InChI is InChI=1S/C14H12ClN5O4/c1-3-19-12-10(13(21)17-14(19)22)18(2)11(16-12)8-5-4-7(20(23)24)6-9(8)15/h4-6H,3H2,1-2H3,(H,17,21,22). The fraction of sp³-hybridized carbons (Fsp3) is 0.214. The van der Waals surface area contributed by atoms with Crippen LogP contribution in [0.5, 0.6) is 0 Å². The average Bonchev–Trinajstić information content (AvgIpc) is 2.85. The molecule has 24 heavy (non-hydrogen) atoms. The number of benzene rings is 1. The number of fused-ring (bicyclic) bond motifs is 1. The molecule has 10 heteroatoms. The van der Waals surface area contributed by atoms with Crippen LogP contribution in [0.1, 0.15) is 6.92 Å². The molecule has 0 aliphatic carbocycles. The number of halogens is 1. The maximum absolute atomic E-state index is 12.1. The number of aryl methyl sites for hydroxylation is 2. The summed E-state index contributed by atoms with van der Waals surface area (Å²) in [6.45, 7) is 2.09. The Morgan fingerprint density at radius 1 is 1.38 bits per heavy atom. The second-order valence-corrected chi connectivity index (χ2v) is 5.50. The topological polar surface area (TPSA) is 116 Å². The van der Waals surface area contributed by atoms with Crippen molar-refractivity contribution in [3.8, 4) is 11.4 Å². The Kier molecular flexibility index (Phi) is 3.72. The predicted octanol–water partition coefficient (Wildman–Crippen LogP) is 1.67. The van der Waals surface area contributed by atoms with Crippen molar-refractivity contribution in [2.45, 2.75) is 13.5 Å². The summed E-state index contributed by atoms with van der Waals surface area (Å²) in [7, 11) is 1.61. The van der Waals surface area contributed by atoms with Gasteiger partial charge >= 0.3 is 5.69 Å². The van der Waals surface area contributed by atoms with E-state index in [0.717, 1.165) is 0 Å². The van der Waals surface area contributed by atoms with E-state index in [1.54, 1.807) is 14.0 Å². The van der Waals surface area contributed by atoms with Crippen LogP contribution in [-0.4, -0.2) is 24.0 Å². The van der Waals surface area contributed by atoms with Crippen LogP contribution in [0.25, 0.3) is 22.6 Å². The minimum Gasteiger partial charge on any atom is -0.321 e. The summed E-state index contributed by atoms with van der Waals surface area (Å²) in [5.41, 5.74) is -0.367. The molecule has 1 aromatic carbocycles. The number of nitro groups is 1. The van der Waals surface area contributed by atoms with Crippen molar-refractivity contribution in [2.75, 3.05) is 0 Å². The van der Waals surface area contributed by atoms with Crippen molar-refractivity contribution in [1.29, 1.82) is 0 Å². The Balaban J connectivity index is 2.35. The molecule has 0 saturated heterocycles. The van der Waals surface area contributed by atoms with E-state index in [9.17, 15) is 19.7 Å². The zero-order chi connectivity index (χ0) is 17.6. The normalized spacial score (nSPS) is 11.1. The van der Waals surface area contributed by atoms with E-state index in [1.807, 2.05) is 0 Å². The summed E-state index contributed by atoms with van der Waals surface area (Å²) in [5.74, 6) is 0.336. The highest BCUT2D eigenvalue weighted by molar-refractivity contribution is 6.33. The third kappa shape index (κ3) is 2.29. The van der Waals surface area contributed by atoms with Gasteiger partial charge in [0.2, 0.25) is 0 Å². The molecule has 0 saturated carbocycles. The van der Waals surface area contributed by atoms with Crippen molar-refractivity contribution >= 4 is 28.5 Å². The highest BCUT2D eigenvalue weighted by Gasteiger charge is 2.19. The van der Waals surface area contributed by atoms with Crippen molar-refractivity contribution in [3.63, 3.8) is 0 Å². The van der Waals surface area contributed by atoms with E-state index in [2.05, 4.69) is 9.97 Å². The van der Waals surface area contributed by atoms with E-state index in [1.165, 1.54) is 27.3 Å². The smallest absolute Gasteiger partial charge is 0.321 e. The molecule has 3 aromatic rings. The van der Waals surface area contributed by atoms with Gasteiger partial charge in [0.05, 0.1) is 9.95 Å². The lowest BCUT2D eigenvalue weighted by atomic mass is 10.2. The van der Waals surface area contributed by atoms with E-state index in [4.69, 9.17) is 11.6 Å². The number of aromatic amines is 1. The largest absolute Gasteiger partial charge is 0.330 e. The summed E-state index contributed by atoms with van der Waals surface area (Å²) in [6.07, 6.45) is 0. The lowest BCUT2D eigenvalue weighted by molar-refractivity contribution is -0.384. The van der Waals surface area contributed by atoms with Gasteiger partial charge in [-0.2, -0.15) is 0 Å². The van der Waals surface area contributed by atoms with E-state index >= 15 is 0 Å². The molecule has 124 valence electrons. The zero-order valence-electron chi connectivity index (χ0n) is 12.7. The molecule has 0 radical (unpaired) electrons. The lowest BCUT2D eigenvalue weighted by Gasteiger charge is -2.04. The highest BCUT2D eigenvalue weighted by Crippen LogP contribution is 2.31. The monoisotopic (exact) mass is 349 g/mol. The second-order valence-electron chi connectivity index (χ2n) is 5.09. The molecule has 0 aliphatic rings. The van der Waals surface area contributed by atoms with Crippen molar-refractivity contribution in [3.05, 3.63) is 54.2 Å². The molecule has 2 aromatic heterocycles. The van der Waals surface area contributed by atoms with Crippen LogP contribution in [0.4, 0.5) is 5.69 Å². The van der Waals surface area contributed by atoms with Crippen LogP contribution in [0.2, 0.25) is 5.02 Å². The van der Waals surface area contributed by atoms with E-state index < -0.39 is 16.2 Å². The Morgan fingerprint density at radius 2 is 2.08 bits per heavy atom. The Labute approximate surface area is 139 Å². The van der Waals surface area contributed by atoms with Crippen LogP contribution in [0.3, 0.4) is 0 Å². The van der Waals surface area contributed by atoms with Crippen LogP contribution in [0, 0.1) is 10.1 Å². The second kappa shape index (κ2) is 5.60. The quantitative estimate of drug-likeness (QED) is 0.570. The number of hydrogen-bond acceptors (Lipinski definition) is 5. The first kappa shape index (κ1) is 15.9. The van der Waals surface area contributed by atoms with Gasteiger partial charge in [-0.25, -0.2) is 9.78 Å². The number of imidazole rings is 1. The molecular weight excluding hydrogens is 338 g/mol. The van der Waals surface area contributed by atoms with Gasteiger partial charge in [-0.15, -0.1) is 0 Å². The van der Waals surface area contributed by atoms with Crippen molar-refractivity contribution in [2.24, 2.45) is 7.05 Å². The third-order valence-corrected chi connectivity index (χ3v) is 4.05. The van der Waals surface area contributed by atoms with Crippen molar-refractivity contribution < 1.29 is 4.92 Å². The van der Waals surface area contributed by atoms with E-state index in [-0.39, 0.29) is 21.9 Å². The van der Waals surface area contributed by atoms with Crippen LogP contribution < -0.4 is 11.2 Å². The number of nitrogens with one attached hydrogen (secondary N) is 1. The fourth-order valence-corrected chi connectivity index (χ4v) is 2.84. The van der Waals surface area contributed by atoms with Gasteiger partial charge in [-0.05, 0) is 13.0 Å². The molecule has 0 spiro atoms. The van der Waals surface area contributed by atoms with E-state index in [0.29, 0.717) is 17.9 Å². The maximum atomic E-state index is 12.1. The number of H-pyrrole nitrogens is 1. The lowest BCUT2D eigenvalue weighted by Crippen LogP contribution is -2.30. The molecule has 0 amide bonds. The molecule has 1 N–H and O–H groups in total. The zero-order valence-corrected chi connectivity index (χ0v) is 13.5. The van der Waals surface area contributed by atoms with Crippen LogP contribution in [0.15, 0.2) is 27.8 Å². The molecule has 0 unspecified atom stereocenters. The van der Waals surface area contributed by atoms with Gasteiger partial charge in [0.15, 0.2) is 11.2 Å². The Hall–Kier alpha value is -2.94. The molecule has 0 atom stereocenters. The van der Waals surface area contributed by atoms with Gasteiger partial charge < -0.3 is 4.57 Å². The van der Waals surface area contributed by atoms with Gasteiger partial charge in [0.25, 0.3) is 11.2 Å². The summed E-state index contributed by atoms with van der Waals surface area (Å²) < 4.78 is 2.84. The maximum Gasteiger partial charge on any atom is 0.330 e. The first-order chi connectivity index (χ1) is 11.3. The van der Waals surface area contributed by atoms with Crippen LogP contribution in [-0.2, 0) is 13.6 Å². The molecule has 2 heterocycles. The summed E-state index contributed by atoms with van der Waals surface area (Å²) in [6, 6.07) is 3.98. The molecule has 9 nitrogen and oxygen atoms in total. The number of aromatic nitrogens is 4. The number of nitrogens with zero attached hydrogens (tertiary/aromatic N) is 4. The summed E-state index contributed by atoms with van der Waals surface area (Å²) in [4.78, 5) is 40.9. The minimum atomic E-state index is -0.556. The Morgan fingerprint density at radius 3 is 2.67 bits per heavy atom. The number of nitro benzene ring substituents is 1. The minimum absolute atomic E-state index is 0.129. The number of non-ortho nitro benzene ring substituents is 1. The van der Waals surface area contributed by atoms with Gasteiger partial charge in [-0.3, -0.25) is 24.5 Å². The molecular formula is C14H12ClN5O4. The third-order valence-electron chi connectivity index (χ3n) is 3.73. The fourth-order valence-electron chi connectivity index (χ4n) is 2.58. The predicted molar refractivity (Wildman–Crippen MR) is 88.4 cm³/mol.